The third-order valence-corrected chi connectivity index (χ3v) is 5.00. The first-order chi connectivity index (χ1) is 13.3. The lowest BCUT2D eigenvalue weighted by Gasteiger charge is -2.29. The topological polar surface area (TPSA) is 53.9 Å². The number of hydrogen-bond acceptors (Lipinski definition) is 2. The maximum atomic E-state index is 13.4. The first-order valence-corrected chi connectivity index (χ1v) is 9.57. The minimum atomic E-state index is -1.03. The fourth-order valence-corrected chi connectivity index (χ4v) is 3.83. The van der Waals surface area contributed by atoms with Gasteiger partial charge in [-0.15, -0.1) is 0 Å². The number of carbonyl (C=O) groups is 2. The van der Waals surface area contributed by atoms with Gasteiger partial charge in [-0.25, -0.2) is 14.1 Å². The van der Waals surface area contributed by atoms with Crippen LogP contribution in [-0.2, 0) is 16.9 Å². The molecule has 28 heavy (non-hydrogen) atoms. The molecule has 148 valence electrons. The van der Waals surface area contributed by atoms with Crippen LogP contribution in [0.2, 0.25) is 0 Å². The summed E-state index contributed by atoms with van der Waals surface area (Å²) in [5, 5.41) is 2.97. The summed E-state index contributed by atoms with van der Waals surface area (Å²) in [5.74, 6) is -0.263. The summed E-state index contributed by atoms with van der Waals surface area (Å²) < 4.78 is 13.1. The zero-order valence-corrected chi connectivity index (χ0v) is 16.5. The highest BCUT2D eigenvalue weighted by Gasteiger charge is 2.53. The summed E-state index contributed by atoms with van der Waals surface area (Å²) in [4.78, 5) is 28.4. The van der Waals surface area contributed by atoms with Crippen molar-refractivity contribution in [2.45, 2.75) is 32.4 Å². The highest BCUT2D eigenvalue weighted by atomic mass is 19.1. The summed E-state index contributed by atoms with van der Waals surface area (Å²) in [6.45, 7) is 4.91. The molecule has 1 fully saturated rings. The number of quaternary nitrogens is 1. The first kappa shape index (κ1) is 20.0. The van der Waals surface area contributed by atoms with E-state index in [9.17, 15) is 14.0 Å². The standard InChI is InChI=1S/C22H26FN3O2/c1-16(2)13-22(18-7-5-4-6-8-18)20(27)26(21(28)24-22)15-25(3)14-17-9-11-19(23)12-10-17/h4-12,16H,13-15H2,1-3H3,(H,24,28)/p+1/t22-/m1/s1. The van der Waals surface area contributed by atoms with Crippen LogP contribution in [0, 0.1) is 11.7 Å². The molecular weight excluding hydrogens is 357 g/mol. The Bertz CT molecular complexity index is 839. The van der Waals surface area contributed by atoms with Gasteiger partial charge in [0.15, 0.2) is 6.67 Å². The molecule has 0 saturated carbocycles. The molecule has 6 heteroatoms. The van der Waals surface area contributed by atoms with Crippen molar-refractivity contribution < 1.29 is 18.9 Å². The Hall–Kier alpha value is -2.73. The second-order valence-corrected chi connectivity index (χ2v) is 7.95. The zero-order valence-electron chi connectivity index (χ0n) is 16.5. The molecule has 1 heterocycles. The van der Waals surface area contributed by atoms with E-state index in [0.717, 1.165) is 16.0 Å². The van der Waals surface area contributed by atoms with Gasteiger partial charge >= 0.3 is 6.03 Å². The van der Waals surface area contributed by atoms with E-state index in [4.69, 9.17) is 0 Å². The summed E-state index contributed by atoms with van der Waals surface area (Å²) in [6, 6.07) is 15.3. The van der Waals surface area contributed by atoms with E-state index in [1.165, 1.54) is 17.0 Å². The lowest BCUT2D eigenvalue weighted by molar-refractivity contribution is -0.901. The third-order valence-electron chi connectivity index (χ3n) is 5.00. The van der Waals surface area contributed by atoms with Gasteiger partial charge in [-0.3, -0.25) is 4.79 Å². The number of benzene rings is 2. The number of halogens is 1. The molecule has 1 saturated heterocycles. The number of nitrogens with zero attached hydrogens (tertiary/aromatic N) is 1. The van der Waals surface area contributed by atoms with Crippen LogP contribution >= 0.6 is 0 Å². The van der Waals surface area contributed by atoms with Crippen LogP contribution < -0.4 is 10.2 Å². The second-order valence-electron chi connectivity index (χ2n) is 7.95. The number of imide groups is 1. The van der Waals surface area contributed by atoms with Crippen LogP contribution in [0.15, 0.2) is 54.6 Å². The number of rotatable bonds is 7. The van der Waals surface area contributed by atoms with Crippen LogP contribution in [0.25, 0.3) is 0 Å². The molecule has 2 atom stereocenters. The predicted octanol–water partition coefficient (Wildman–Crippen LogP) is 2.29. The Morgan fingerprint density at radius 1 is 1.07 bits per heavy atom. The fourth-order valence-electron chi connectivity index (χ4n) is 3.83. The van der Waals surface area contributed by atoms with Gasteiger partial charge in [0.25, 0.3) is 5.91 Å². The van der Waals surface area contributed by atoms with Gasteiger partial charge < -0.3 is 10.2 Å². The van der Waals surface area contributed by atoms with Gasteiger partial charge in [0, 0.05) is 5.56 Å². The molecule has 2 aromatic rings. The van der Waals surface area contributed by atoms with Gasteiger partial charge in [0.2, 0.25) is 0 Å². The van der Waals surface area contributed by atoms with Crippen LogP contribution in [0.4, 0.5) is 9.18 Å². The van der Waals surface area contributed by atoms with Gasteiger partial charge in [-0.05, 0) is 30.0 Å². The molecule has 0 radical (unpaired) electrons. The molecule has 1 aliphatic heterocycles. The molecule has 0 bridgehead atoms. The number of hydrogen-bond donors (Lipinski definition) is 2. The minimum absolute atomic E-state index is 0.212. The molecule has 0 spiro atoms. The Labute approximate surface area is 165 Å². The lowest BCUT2D eigenvalue weighted by atomic mass is 9.82. The van der Waals surface area contributed by atoms with Crippen LogP contribution in [0.3, 0.4) is 0 Å². The average Bonchev–Trinajstić information content (AvgIpc) is 2.89. The second kappa shape index (κ2) is 8.10. The number of urea groups is 1. The molecule has 1 aliphatic rings. The van der Waals surface area contributed by atoms with E-state index < -0.39 is 5.54 Å². The van der Waals surface area contributed by atoms with Crippen molar-refractivity contribution in [2.75, 3.05) is 13.7 Å². The Kier molecular flexibility index (Phi) is 5.79. The molecule has 3 rings (SSSR count). The molecule has 2 aromatic carbocycles. The maximum absolute atomic E-state index is 13.4. The molecule has 3 amide bonds. The van der Waals surface area contributed by atoms with Crippen molar-refractivity contribution in [3.8, 4) is 0 Å². The SMILES string of the molecule is CC(C)C[C@]1(c2ccccc2)NC(=O)N(C[NH+](C)Cc2ccc(F)cc2)C1=O. The van der Waals surface area contributed by atoms with Gasteiger partial charge in [-0.2, -0.15) is 0 Å². The maximum Gasteiger partial charge on any atom is 0.329 e. The van der Waals surface area contributed by atoms with Gasteiger partial charge in [0.1, 0.15) is 17.9 Å². The Morgan fingerprint density at radius 2 is 1.71 bits per heavy atom. The molecular formula is C22H27FN3O2+. The number of carbonyl (C=O) groups excluding carboxylic acids is 2. The zero-order chi connectivity index (χ0) is 20.3. The van der Waals surface area contributed by atoms with Gasteiger partial charge in [-0.1, -0.05) is 56.3 Å². The largest absolute Gasteiger partial charge is 0.329 e. The van der Waals surface area contributed by atoms with Gasteiger partial charge in [0.05, 0.1) is 7.05 Å². The number of amides is 3. The lowest BCUT2D eigenvalue weighted by Crippen LogP contribution is -3.09. The summed E-state index contributed by atoms with van der Waals surface area (Å²) in [6.07, 6.45) is 0.537. The smallest absolute Gasteiger partial charge is 0.319 e. The third kappa shape index (κ3) is 4.07. The monoisotopic (exact) mass is 384 g/mol. The number of nitrogens with one attached hydrogen (secondary N) is 2. The molecule has 5 nitrogen and oxygen atoms in total. The van der Waals surface area contributed by atoms with Crippen molar-refractivity contribution >= 4 is 11.9 Å². The predicted molar refractivity (Wildman–Crippen MR) is 105 cm³/mol. The highest BCUT2D eigenvalue weighted by molar-refractivity contribution is 6.07. The summed E-state index contributed by atoms with van der Waals surface area (Å²) >= 11 is 0. The van der Waals surface area contributed by atoms with E-state index >= 15 is 0 Å². The van der Waals surface area contributed by atoms with E-state index in [0.29, 0.717) is 13.0 Å². The summed E-state index contributed by atoms with van der Waals surface area (Å²) in [7, 11) is 1.91. The van der Waals surface area contributed by atoms with Crippen molar-refractivity contribution in [3.63, 3.8) is 0 Å². The van der Waals surface area contributed by atoms with E-state index in [-0.39, 0.29) is 30.3 Å². The Morgan fingerprint density at radius 3 is 2.32 bits per heavy atom. The van der Waals surface area contributed by atoms with Crippen LogP contribution in [0.5, 0.6) is 0 Å². The quantitative estimate of drug-likeness (QED) is 0.720. The van der Waals surface area contributed by atoms with Crippen molar-refractivity contribution in [2.24, 2.45) is 5.92 Å². The molecule has 0 aromatic heterocycles. The van der Waals surface area contributed by atoms with E-state index in [2.05, 4.69) is 5.32 Å². The minimum Gasteiger partial charge on any atom is -0.319 e. The Balaban J connectivity index is 1.80. The van der Waals surface area contributed by atoms with E-state index in [1.807, 2.05) is 51.2 Å². The van der Waals surface area contributed by atoms with E-state index in [1.54, 1.807) is 12.1 Å². The molecule has 1 unspecified atom stereocenters. The normalized spacial score (nSPS) is 20.5. The van der Waals surface area contributed by atoms with Crippen LogP contribution in [0.1, 0.15) is 31.4 Å². The summed E-state index contributed by atoms with van der Waals surface area (Å²) in [5.41, 5.74) is 0.728. The molecule has 2 N–H and O–H groups in total. The molecule has 0 aliphatic carbocycles. The fraction of sp³-hybridized carbons (Fsp3) is 0.364. The van der Waals surface area contributed by atoms with Crippen molar-refractivity contribution in [3.05, 3.63) is 71.5 Å². The highest BCUT2D eigenvalue weighted by Crippen LogP contribution is 2.34. The van der Waals surface area contributed by atoms with Crippen molar-refractivity contribution in [1.82, 2.24) is 10.2 Å². The van der Waals surface area contributed by atoms with Crippen LogP contribution in [-0.4, -0.2) is 30.6 Å². The average molecular weight is 384 g/mol. The first-order valence-electron chi connectivity index (χ1n) is 9.57. The van der Waals surface area contributed by atoms with Crippen molar-refractivity contribution in [1.29, 1.82) is 0 Å².